The molecule has 0 aliphatic heterocycles. The Labute approximate surface area is 143 Å². The van der Waals surface area contributed by atoms with Gasteiger partial charge in [-0.2, -0.15) is 5.10 Å². The highest BCUT2D eigenvalue weighted by Gasteiger charge is 2.06. The van der Waals surface area contributed by atoms with Crippen LogP contribution in [0.4, 0.5) is 4.79 Å². The number of hydrogen-bond acceptors (Lipinski definition) is 4. The number of halogens is 2. The molecular formula is C16H14Cl2N2O3. The molecule has 0 heterocycles. The number of rotatable bonds is 5. The van der Waals surface area contributed by atoms with E-state index in [1.165, 1.54) is 13.3 Å². The van der Waals surface area contributed by atoms with Gasteiger partial charge in [0.25, 0.3) is 0 Å². The maximum absolute atomic E-state index is 10.8. The third-order valence-corrected chi connectivity index (χ3v) is 3.59. The Morgan fingerprint density at radius 3 is 2.43 bits per heavy atom. The predicted molar refractivity (Wildman–Crippen MR) is 90.4 cm³/mol. The largest absolute Gasteiger partial charge is 0.489 e. The molecular weight excluding hydrogens is 339 g/mol. The van der Waals surface area contributed by atoms with Gasteiger partial charge in [-0.25, -0.2) is 10.2 Å². The molecule has 0 aliphatic rings. The van der Waals surface area contributed by atoms with E-state index in [0.717, 1.165) is 11.1 Å². The zero-order chi connectivity index (χ0) is 16.7. The number of ether oxygens (including phenoxy) is 2. The molecule has 0 saturated carbocycles. The minimum absolute atomic E-state index is 0.274. The summed E-state index contributed by atoms with van der Waals surface area (Å²) in [5.41, 5.74) is 3.74. The van der Waals surface area contributed by atoms with Crippen LogP contribution in [0.25, 0.3) is 0 Å². The molecule has 2 aromatic carbocycles. The van der Waals surface area contributed by atoms with Crippen molar-refractivity contribution < 1.29 is 14.3 Å². The maximum atomic E-state index is 10.8. The normalized spacial score (nSPS) is 10.6. The standard InChI is InChI=1S/C16H14Cl2N2O3/c1-22-16(21)20-19-9-11-5-7-12(8-6-11)23-10-13-14(17)3-2-4-15(13)18/h2-9H,10H2,1H3,(H,20,21)/b19-9-. The molecule has 0 aromatic heterocycles. The van der Waals surface area contributed by atoms with Crippen LogP contribution >= 0.6 is 23.2 Å². The number of carbonyl (C=O) groups is 1. The highest BCUT2D eigenvalue weighted by molar-refractivity contribution is 6.35. The van der Waals surface area contributed by atoms with Gasteiger partial charge >= 0.3 is 6.09 Å². The minimum Gasteiger partial charge on any atom is -0.489 e. The molecule has 0 unspecified atom stereocenters. The summed E-state index contributed by atoms with van der Waals surface area (Å²) in [4.78, 5) is 10.8. The second kappa shape index (κ2) is 8.41. The number of nitrogens with one attached hydrogen (secondary N) is 1. The van der Waals surface area contributed by atoms with E-state index in [1.807, 2.05) is 0 Å². The molecule has 2 rings (SSSR count). The Kier molecular flexibility index (Phi) is 6.26. The van der Waals surface area contributed by atoms with Crippen LogP contribution in [0.3, 0.4) is 0 Å². The SMILES string of the molecule is COC(=O)N/N=C\c1ccc(OCc2c(Cl)cccc2Cl)cc1. The number of hydrogen-bond donors (Lipinski definition) is 1. The topological polar surface area (TPSA) is 59.9 Å². The predicted octanol–water partition coefficient (Wildman–Crippen LogP) is 4.26. The Morgan fingerprint density at radius 1 is 1.17 bits per heavy atom. The first-order chi connectivity index (χ1) is 11.1. The number of benzene rings is 2. The summed E-state index contributed by atoms with van der Waals surface area (Å²) >= 11 is 12.2. The summed E-state index contributed by atoms with van der Waals surface area (Å²) in [5.74, 6) is 0.666. The fourth-order valence-corrected chi connectivity index (χ4v) is 2.19. The van der Waals surface area contributed by atoms with Gasteiger partial charge in [0.05, 0.1) is 13.3 Å². The van der Waals surface area contributed by atoms with Crippen molar-refractivity contribution in [3.63, 3.8) is 0 Å². The van der Waals surface area contributed by atoms with Crippen molar-refractivity contribution in [3.05, 3.63) is 63.6 Å². The third-order valence-electron chi connectivity index (χ3n) is 2.88. The summed E-state index contributed by atoms with van der Waals surface area (Å²) < 4.78 is 10.1. The van der Waals surface area contributed by atoms with Crippen molar-refractivity contribution in [1.29, 1.82) is 0 Å². The molecule has 120 valence electrons. The van der Waals surface area contributed by atoms with Crippen LogP contribution in [0.1, 0.15) is 11.1 Å². The van der Waals surface area contributed by atoms with Gasteiger partial charge in [0.15, 0.2) is 0 Å². The first-order valence-electron chi connectivity index (χ1n) is 6.63. The lowest BCUT2D eigenvalue weighted by molar-refractivity contribution is 0.171. The van der Waals surface area contributed by atoms with E-state index in [0.29, 0.717) is 15.8 Å². The lowest BCUT2D eigenvalue weighted by Gasteiger charge is -2.09. The Bertz CT molecular complexity index is 683. The molecule has 2 aromatic rings. The number of carbonyl (C=O) groups excluding carboxylic acids is 1. The van der Waals surface area contributed by atoms with Gasteiger partial charge in [-0.1, -0.05) is 29.3 Å². The van der Waals surface area contributed by atoms with Gasteiger partial charge in [0.2, 0.25) is 0 Å². The average Bonchev–Trinajstić information content (AvgIpc) is 2.55. The highest BCUT2D eigenvalue weighted by Crippen LogP contribution is 2.25. The maximum Gasteiger partial charge on any atom is 0.427 e. The quantitative estimate of drug-likeness (QED) is 0.645. The van der Waals surface area contributed by atoms with Gasteiger partial charge in [0.1, 0.15) is 12.4 Å². The average molecular weight is 353 g/mol. The van der Waals surface area contributed by atoms with E-state index in [-0.39, 0.29) is 6.61 Å². The van der Waals surface area contributed by atoms with Gasteiger partial charge in [-0.05, 0) is 42.0 Å². The number of hydrazone groups is 1. The fourth-order valence-electron chi connectivity index (χ4n) is 1.68. The van der Waals surface area contributed by atoms with Crippen LogP contribution in [-0.4, -0.2) is 19.4 Å². The summed E-state index contributed by atoms with van der Waals surface area (Å²) in [6.07, 6.45) is 0.865. The molecule has 0 radical (unpaired) electrons. The van der Waals surface area contributed by atoms with Crippen molar-refractivity contribution in [2.24, 2.45) is 5.10 Å². The lowest BCUT2D eigenvalue weighted by atomic mass is 10.2. The highest BCUT2D eigenvalue weighted by atomic mass is 35.5. The molecule has 0 spiro atoms. The van der Waals surface area contributed by atoms with Gasteiger partial charge < -0.3 is 9.47 Å². The Morgan fingerprint density at radius 2 is 1.83 bits per heavy atom. The molecule has 1 amide bonds. The van der Waals surface area contributed by atoms with Crippen molar-refractivity contribution in [1.82, 2.24) is 5.43 Å². The van der Waals surface area contributed by atoms with E-state index in [2.05, 4.69) is 15.3 Å². The lowest BCUT2D eigenvalue weighted by Crippen LogP contribution is -2.16. The van der Waals surface area contributed by atoms with Gasteiger partial charge in [-0.15, -0.1) is 0 Å². The van der Waals surface area contributed by atoms with Crippen LogP contribution < -0.4 is 10.2 Å². The molecule has 7 heteroatoms. The fraction of sp³-hybridized carbons (Fsp3) is 0.125. The van der Waals surface area contributed by atoms with Crippen molar-refractivity contribution >= 4 is 35.5 Å². The molecule has 0 bridgehead atoms. The summed E-state index contributed by atoms with van der Waals surface area (Å²) in [6, 6.07) is 12.5. The summed E-state index contributed by atoms with van der Waals surface area (Å²) in [5, 5.41) is 4.86. The van der Waals surface area contributed by atoms with E-state index in [9.17, 15) is 4.79 Å². The molecule has 5 nitrogen and oxygen atoms in total. The second-order valence-electron chi connectivity index (χ2n) is 4.42. The third kappa shape index (κ3) is 5.16. The van der Waals surface area contributed by atoms with E-state index in [1.54, 1.807) is 42.5 Å². The van der Waals surface area contributed by atoms with E-state index < -0.39 is 6.09 Å². The molecule has 23 heavy (non-hydrogen) atoms. The van der Waals surface area contributed by atoms with Crippen LogP contribution in [0.5, 0.6) is 5.75 Å². The van der Waals surface area contributed by atoms with Gasteiger partial charge in [-0.3, -0.25) is 0 Å². The zero-order valence-electron chi connectivity index (χ0n) is 12.3. The first kappa shape index (κ1) is 17.1. The summed E-state index contributed by atoms with van der Waals surface area (Å²) in [7, 11) is 1.27. The smallest absolute Gasteiger partial charge is 0.427 e. The molecule has 0 atom stereocenters. The van der Waals surface area contributed by atoms with Crippen LogP contribution in [0.2, 0.25) is 10.0 Å². The number of methoxy groups -OCH3 is 1. The number of nitrogens with zero attached hydrogens (tertiary/aromatic N) is 1. The van der Waals surface area contributed by atoms with Gasteiger partial charge in [0, 0.05) is 15.6 Å². The Hall–Kier alpha value is -2.24. The van der Waals surface area contributed by atoms with Crippen LogP contribution in [0.15, 0.2) is 47.6 Å². The minimum atomic E-state index is -0.627. The number of amides is 1. The second-order valence-corrected chi connectivity index (χ2v) is 5.23. The monoisotopic (exact) mass is 352 g/mol. The first-order valence-corrected chi connectivity index (χ1v) is 7.38. The molecule has 0 aliphatic carbocycles. The van der Waals surface area contributed by atoms with E-state index in [4.69, 9.17) is 27.9 Å². The van der Waals surface area contributed by atoms with Crippen molar-refractivity contribution in [2.75, 3.05) is 7.11 Å². The Balaban J connectivity index is 1.94. The molecule has 1 N–H and O–H groups in total. The summed E-state index contributed by atoms with van der Waals surface area (Å²) in [6.45, 7) is 0.274. The molecule has 0 saturated heterocycles. The van der Waals surface area contributed by atoms with E-state index >= 15 is 0 Å². The molecule has 0 fully saturated rings. The van der Waals surface area contributed by atoms with Crippen molar-refractivity contribution in [2.45, 2.75) is 6.61 Å². The van der Waals surface area contributed by atoms with Crippen LogP contribution in [-0.2, 0) is 11.3 Å². The van der Waals surface area contributed by atoms with Crippen molar-refractivity contribution in [3.8, 4) is 5.75 Å². The van der Waals surface area contributed by atoms with Crippen LogP contribution in [0, 0.1) is 0 Å². The zero-order valence-corrected chi connectivity index (χ0v) is 13.8.